The summed E-state index contributed by atoms with van der Waals surface area (Å²) in [6.45, 7) is 7.80. The summed E-state index contributed by atoms with van der Waals surface area (Å²) in [5.41, 5.74) is 0.575. The van der Waals surface area contributed by atoms with E-state index in [1.807, 2.05) is 27.7 Å². The average Bonchev–Trinajstić information content (AvgIpc) is 2.42. The second-order valence-corrected chi connectivity index (χ2v) is 4.30. The first-order valence-corrected chi connectivity index (χ1v) is 5.07. The maximum absolute atomic E-state index is 10.9. The van der Waals surface area contributed by atoms with E-state index in [9.17, 15) is 10.1 Å². The highest BCUT2D eigenvalue weighted by Crippen LogP contribution is 2.28. The molecule has 5 heteroatoms. The number of hydrogen-bond donors (Lipinski definition) is 0. The molecule has 0 fully saturated rings. The van der Waals surface area contributed by atoms with Gasteiger partial charge in [0.05, 0.1) is 7.05 Å². The Morgan fingerprint density at radius 3 is 2.07 bits per heavy atom. The SMILES string of the molecule is CC(C)c1nc(C(C)C)n(C)c1[N+](=O)[O-]. The molecule has 1 heterocycles. The molecular weight excluding hydrogens is 194 g/mol. The van der Waals surface area contributed by atoms with Crippen molar-refractivity contribution in [3.8, 4) is 0 Å². The van der Waals surface area contributed by atoms with Gasteiger partial charge in [0.15, 0.2) is 5.82 Å². The number of aromatic nitrogens is 2. The molecule has 15 heavy (non-hydrogen) atoms. The Morgan fingerprint density at radius 1 is 1.27 bits per heavy atom. The van der Waals surface area contributed by atoms with Crippen molar-refractivity contribution in [2.75, 3.05) is 0 Å². The lowest BCUT2D eigenvalue weighted by Crippen LogP contribution is -2.03. The predicted octanol–water partition coefficient (Wildman–Crippen LogP) is 2.58. The standard InChI is InChI=1S/C10H17N3O2/c1-6(2)8-10(13(14)15)12(5)9(11-8)7(3)4/h6-7H,1-5H3. The number of rotatable bonds is 3. The maximum atomic E-state index is 10.9. The molecule has 0 aliphatic heterocycles. The summed E-state index contributed by atoms with van der Waals surface area (Å²) in [4.78, 5) is 14.9. The second kappa shape index (κ2) is 4.00. The third-order valence-corrected chi connectivity index (χ3v) is 2.36. The minimum atomic E-state index is -0.353. The summed E-state index contributed by atoms with van der Waals surface area (Å²) in [6, 6.07) is 0. The van der Waals surface area contributed by atoms with Crippen LogP contribution in [-0.2, 0) is 7.05 Å². The van der Waals surface area contributed by atoms with Gasteiger partial charge in [-0.1, -0.05) is 27.7 Å². The van der Waals surface area contributed by atoms with E-state index < -0.39 is 0 Å². The highest BCUT2D eigenvalue weighted by molar-refractivity contribution is 5.33. The van der Waals surface area contributed by atoms with Crippen molar-refractivity contribution in [2.45, 2.75) is 39.5 Å². The Morgan fingerprint density at radius 2 is 1.80 bits per heavy atom. The zero-order valence-electron chi connectivity index (χ0n) is 9.81. The first kappa shape index (κ1) is 11.7. The van der Waals surface area contributed by atoms with Crippen molar-refractivity contribution >= 4 is 5.82 Å². The molecule has 0 atom stereocenters. The van der Waals surface area contributed by atoms with E-state index in [4.69, 9.17) is 0 Å². The van der Waals surface area contributed by atoms with Crippen LogP contribution in [0.3, 0.4) is 0 Å². The molecule has 0 aromatic carbocycles. The van der Waals surface area contributed by atoms with Crippen LogP contribution in [0, 0.1) is 10.1 Å². The van der Waals surface area contributed by atoms with Crippen LogP contribution in [0.15, 0.2) is 0 Å². The molecule has 0 saturated heterocycles. The summed E-state index contributed by atoms with van der Waals surface area (Å²) >= 11 is 0. The van der Waals surface area contributed by atoms with Gasteiger partial charge in [-0.05, 0) is 4.92 Å². The van der Waals surface area contributed by atoms with Gasteiger partial charge in [0, 0.05) is 11.8 Å². The summed E-state index contributed by atoms with van der Waals surface area (Å²) in [6.07, 6.45) is 0. The molecule has 0 N–H and O–H groups in total. The van der Waals surface area contributed by atoms with Crippen LogP contribution in [-0.4, -0.2) is 14.5 Å². The summed E-state index contributed by atoms with van der Waals surface area (Å²) < 4.78 is 1.58. The first-order chi connectivity index (χ1) is 6.86. The van der Waals surface area contributed by atoms with Crippen LogP contribution in [0.4, 0.5) is 5.82 Å². The zero-order chi connectivity index (χ0) is 11.7. The predicted molar refractivity (Wildman–Crippen MR) is 58.0 cm³/mol. The van der Waals surface area contributed by atoms with Crippen LogP contribution in [0.25, 0.3) is 0 Å². The first-order valence-electron chi connectivity index (χ1n) is 5.07. The van der Waals surface area contributed by atoms with E-state index in [2.05, 4.69) is 4.98 Å². The van der Waals surface area contributed by atoms with E-state index in [0.29, 0.717) is 5.69 Å². The summed E-state index contributed by atoms with van der Waals surface area (Å²) in [7, 11) is 1.70. The van der Waals surface area contributed by atoms with Crippen LogP contribution in [0.2, 0.25) is 0 Å². The summed E-state index contributed by atoms with van der Waals surface area (Å²) in [5.74, 6) is 1.16. The molecular formula is C10H17N3O2. The molecule has 0 aliphatic rings. The van der Waals surface area contributed by atoms with Crippen LogP contribution in [0.5, 0.6) is 0 Å². The van der Waals surface area contributed by atoms with Crippen molar-refractivity contribution in [2.24, 2.45) is 7.05 Å². The number of imidazole rings is 1. The van der Waals surface area contributed by atoms with Crippen molar-refractivity contribution < 1.29 is 4.92 Å². The monoisotopic (exact) mass is 211 g/mol. The molecule has 0 amide bonds. The molecule has 0 radical (unpaired) electrons. The second-order valence-electron chi connectivity index (χ2n) is 4.30. The van der Waals surface area contributed by atoms with E-state index in [1.54, 1.807) is 11.6 Å². The smallest absolute Gasteiger partial charge is 0.346 e. The van der Waals surface area contributed by atoms with Gasteiger partial charge in [-0.15, -0.1) is 0 Å². The van der Waals surface area contributed by atoms with Crippen molar-refractivity contribution in [3.63, 3.8) is 0 Å². The van der Waals surface area contributed by atoms with E-state index in [0.717, 1.165) is 5.82 Å². The molecule has 1 aromatic heterocycles. The van der Waals surface area contributed by atoms with Crippen molar-refractivity contribution in [1.82, 2.24) is 9.55 Å². The van der Waals surface area contributed by atoms with Crippen LogP contribution >= 0.6 is 0 Å². The molecule has 0 aliphatic carbocycles. The molecule has 1 aromatic rings. The van der Waals surface area contributed by atoms with Gasteiger partial charge < -0.3 is 10.1 Å². The third-order valence-electron chi connectivity index (χ3n) is 2.36. The fourth-order valence-corrected chi connectivity index (χ4v) is 1.65. The highest BCUT2D eigenvalue weighted by atomic mass is 16.6. The molecule has 0 unspecified atom stereocenters. The molecule has 5 nitrogen and oxygen atoms in total. The van der Waals surface area contributed by atoms with Gasteiger partial charge in [0.1, 0.15) is 5.69 Å². The molecule has 0 bridgehead atoms. The Balaban J connectivity index is 3.39. The Labute approximate surface area is 89.3 Å². The molecule has 0 spiro atoms. The van der Waals surface area contributed by atoms with Gasteiger partial charge >= 0.3 is 5.82 Å². The van der Waals surface area contributed by atoms with Gasteiger partial charge in [-0.25, -0.2) is 9.55 Å². The molecule has 1 rings (SSSR count). The topological polar surface area (TPSA) is 61.0 Å². The minimum absolute atomic E-state index is 0.0732. The number of hydrogen-bond acceptors (Lipinski definition) is 3. The van der Waals surface area contributed by atoms with Crippen LogP contribution in [0.1, 0.15) is 51.0 Å². The lowest BCUT2D eigenvalue weighted by Gasteiger charge is -2.01. The highest BCUT2D eigenvalue weighted by Gasteiger charge is 2.27. The van der Waals surface area contributed by atoms with Gasteiger partial charge in [0.25, 0.3) is 0 Å². The molecule has 84 valence electrons. The normalized spacial score (nSPS) is 11.4. The lowest BCUT2D eigenvalue weighted by molar-refractivity contribution is -0.392. The Kier molecular flexibility index (Phi) is 3.12. The van der Waals surface area contributed by atoms with Gasteiger partial charge in [-0.3, -0.25) is 0 Å². The van der Waals surface area contributed by atoms with Gasteiger partial charge in [0.2, 0.25) is 0 Å². The van der Waals surface area contributed by atoms with Crippen LogP contribution < -0.4 is 0 Å². The Hall–Kier alpha value is -1.39. The summed E-state index contributed by atoms with van der Waals surface area (Å²) in [5, 5.41) is 10.9. The average molecular weight is 211 g/mol. The molecule has 0 saturated carbocycles. The minimum Gasteiger partial charge on any atom is -0.358 e. The third kappa shape index (κ3) is 2.00. The van der Waals surface area contributed by atoms with E-state index in [-0.39, 0.29) is 22.6 Å². The zero-order valence-corrected chi connectivity index (χ0v) is 9.81. The maximum Gasteiger partial charge on any atom is 0.346 e. The fourth-order valence-electron chi connectivity index (χ4n) is 1.65. The Bertz CT molecular complexity index is 380. The quantitative estimate of drug-likeness (QED) is 0.570. The number of nitro groups is 1. The number of nitrogens with zero attached hydrogens (tertiary/aromatic N) is 3. The lowest BCUT2D eigenvalue weighted by atomic mass is 10.1. The van der Waals surface area contributed by atoms with E-state index >= 15 is 0 Å². The van der Waals surface area contributed by atoms with Crippen molar-refractivity contribution in [3.05, 3.63) is 21.6 Å². The van der Waals surface area contributed by atoms with Gasteiger partial charge in [-0.2, -0.15) is 0 Å². The van der Waals surface area contributed by atoms with Crippen molar-refractivity contribution in [1.29, 1.82) is 0 Å². The van der Waals surface area contributed by atoms with E-state index in [1.165, 1.54) is 0 Å². The largest absolute Gasteiger partial charge is 0.358 e. The fraction of sp³-hybridized carbons (Fsp3) is 0.700.